The van der Waals surface area contributed by atoms with E-state index in [0.29, 0.717) is 0 Å². The van der Waals surface area contributed by atoms with Crippen molar-refractivity contribution in [2.45, 2.75) is 39.3 Å². The molecule has 0 saturated carbocycles. The Balaban J connectivity index is 2.04. The molecule has 0 amide bonds. The molecule has 0 aromatic carbocycles. The maximum atomic E-state index is 4.53. The number of aromatic nitrogens is 2. The molecule has 0 atom stereocenters. The lowest BCUT2D eigenvalue weighted by atomic mass is 10.0. The predicted octanol–water partition coefficient (Wildman–Crippen LogP) is 2.67. The summed E-state index contributed by atoms with van der Waals surface area (Å²) in [5.41, 5.74) is 1.31. The molecule has 0 bridgehead atoms. The Hall–Kier alpha value is -0.870. The van der Waals surface area contributed by atoms with E-state index in [0.717, 1.165) is 23.6 Å². The number of rotatable bonds is 4. The van der Waals surface area contributed by atoms with Gasteiger partial charge in [0.2, 0.25) is 0 Å². The van der Waals surface area contributed by atoms with Gasteiger partial charge in [-0.2, -0.15) is 0 Å². The molecule has 2 aromatic rings. The fourth-order valence-corrected chi connectivity index (χ4v) is 2.04. The van der Waals surface area contributed by atoms with Crippen LogP contribution in [0.3, 0.4) is 0 Å². The normalized spacial score (nSPS) is 12.5. The highest BCUT2D eigenvalue weighted by molar-refractivity contribution is 7.15. The maximum Gasteiger partial charge on any atom is 0.193 e. The van der Waals surface area contributed by atoms with Crippen molar-refractivity contribution in [1.29, 1.82) is 0 Å². The SMILES string of the molecule is CCC(C)(C)NCc1cn2ccsc2n1. The van der Waals surface area contributed by atoms with E-state index in [1.165, 1.54) is 0 Å². The molecule has 82 valence electrons. The molecule has 0 radical (unpaired) electrons. The molecule has 0 aliphatic heterocycles. The molecule has 2 rings (SSSR count). The van der Waals surface area contributed by atoms with E-state index in [-0.39, 0.29) is 5.54 Å². The van der Waals surface area contributed by atoms with Crippen molar-refractivity contribution in [3.8, 4) is 0 Å². The largest absolute Gasteiger partial charge is 0.306 e. The van der Waals surface area contributed by atoms with E-state index >= 15 is 0 Å². The van der Waals surface area contributed by atoms with Crippen LogP contribution in [0.4, 0.5) is 0 Å². The van der Waals surface area contributed by atoms with E-state index in [2.05, 4.69) is 47.0 Å². The van der Waals surface area contributed by atoms with Crippen molar-refractivity contribution < 1.29 is 0 Å². The number of thiazole rings is 1. The summed E-state index contributed by atoms with van der Waals surface area (Å²) in [6.45, 7) is 7.46. The van der Waals surface area contributed by atoms with Gasteiger partial charge in [0.15, 0.2) is 4.96 Å². The van der Waals surface area contributed by atoms with Crippen LogP contribution in [0, 0.1) is 0 Å². The number of nitrogens with one attached hydrogen (secondary N) is 1. The molecule has 0 saturated heterocycles. The summed E-state index contributed by atoms with van der Waals surface area (Å²) in [4.78, 5) is 5.60. The summed E-state index contributed by atoms with van der Waals surface area (Å²) >= 11 is 1.67. The van der Waals surface area contributed by atoms with Crippen LogP contribution in [0.25, 0.3) is 4.96 Å². The lowest BCUT2D eigenvalue weighted by molar-refractivity contribution is 0.372. The average molecular weight is 223 g/mol. The van der Waals surface area contributed by atoms with Gasteiger partial charge in [-0.15, -0.1) is 11.3 Å². The van der Waals surface area contributed by atoms with Crippen molar-refractivity contribution >= 4 is 16.3 Å². The summed E-state index contributed by atoms with van der Waals surface area (Å²) in [6.07, 6.45) is 5.25. The molecule has 0 spiro atoms. The Morgan fingerprint density at radius 3 is 3.00 bits per heavy atom. The predicted molar refractivity (Wildman–Crippen MR) is 64.3 cm³/mol. The highest BCUT2D eigenvalue weighted by Crippen LogP contribution is 2.13. The first kappa shape index (κ1) is 10.6. The van der Waals surface area contributed by atoms with Crippen molar-refractivity contribution in [2.75, 3.05) is 0 Å². The van der Waals surface area contributed by atoms with Gasteiger partial charge >= 0.3 is 0 Å². The molecular formula is C11H17N3S. The van der Waals surface area contributed by atoms with Crippen LogP contribution in [0.5, 0.6) is 0 Å². The average Bonchev–Trinajstić information content (AvgIpc) is 2.74. The zero-order valence-electron chi connectivity index (χ0n) is 9.45. The zero-order valence-corrected chi connectivity index (χ0v) is 10.3. The van der Waals surface area contributed by atoms with E-state index in [4.69, 9.17) is 0 Å². The Labute approximate surface area is 94.1 Å². The van der Waals surface area contributed by atoms with Crippen LogP contribution in [-0.2, 0) is 6.54 Å². The van der Waals surface area contributed by atoms with E-state index in [1.54, 1.807) is 11.3 Å². The first-order valence-electron chi connectivity index (χ1n) is 5.27. The summed E-state index contributed by atoms with van der Waals surface area (Å²) in [5.74, 6) is 0. The Morgan fingerprint density at radius 1 is 1.53 bits per heavy atom. The summed E-state index contributed by atoms with van der Waals surface area (Å²) < 4.78 is 2.07. The van der Waals surface area contributed by atoms with E-state index < -0.39 is 0 Å². The van der Waals surface area contributed by atoms with Gasteiger partial charge in [0.25, 0.3) is 0 Å². The lowest BCUT2D eigenvalue weighted by Gasteiger charge is -2.23. The molecule has 3 nitrogen and oxygen atoms in total. The monoisotopic (exact) mass is 223 g/mol. The van der Waals surface area contributed by atoms with Crippen molar-refractivity contribution in [1.82, 2.24) is 14.7 Å². The second-order valence-corrected chi connectivity index (χ2v) is 5.29. The minimum atomic E-state index is 0.192. The second-order valence-electron chi connectivity index (χ2n) is 4.42. The first-order valence-corrected chi connectivity index (χ1v) is 6.15. The Morgan fingerprint density at radius 2 is 2.33 bits per heavy atom. The van der Waals surface area contributed by atoms with Gasteiger partial charge in [-0.25, -0.2) is 4.98 Å². The Kier molecular flexibility index (Phi) is 2.80. The minimum absolute atomic E-state index is 0.192. The first-order chi connectivity index (χ1) is 7.11. The molecule has 1 N–H and O–H groups in total. The van der Waals surface area contributed by atoms with Gasteiger partial charge in [-0.1, -0.05) is 6.92 Å². The van der Waals surface area contributed by atoms with Crippen molar-refractivity contribution in [3.05, 3.63) is 23.5 Å². The lowest BCUT2D eigenvalue weighted by Crippen LogP contribution is -2.37. The minimum Gasteiger partial charge on any atom is -0.306 e. The number of fused-ring (bicyclic) bond motifs is 1. The second kappa shape index (κ2) is 3.94. The summed E-state index contributed by atoms with van der Waals surface area (Å²) in [5, 5.41) is 5.56. The van der Waals surface area contributed by atoms with Gasteiger partial charge in [0, 0.05) is 29.9 Å². The van der Waals surface area contributed by atoms with E-state index in [1.807, 2.05) is 6.20 Å². The summed E-state index contributed by atoms with van der Waals surface area (Å²) in [7, 11) is 0. The smallest absolute Gasteiger partial charge is 0.193 e. The molecule has 2 aromatic heterocycles. The molecule has 0 aliphatic rings. The third-order valence-corrected chi connectivity index (χ3v) is 3.55. The van der Waals surface area contributed by atoms with Crippen LogP contribution in [0.2, 0.25) is 0 Å². The number of imidazole rings is 1. The third kappa shape index (κ3) is 2.38. The molecule has 0 aliphatic carbocycles. The van der Waals surface area contributed by atoms with Crippen LogP contribution in [0.15, 0.2) is 17.8 Å². The Bertz CT molecular complexity index is 413. The number of nitrogens with zero attached hydrogens (tertiary/aromatic N) is 2. The maximum absolute atomic E-state index is 4.53. The zero-order chi connectivity index (χ0) is 10.9. The molecule has 2 heterocycles. The molecular weight excluding hydrogens is 206 g/mol. The quantitative estimate of drug-likeness (QED) is 0.863. The highest BCUT2D eigenvalue weighted by atomic mass is 32.1. The van der Waals surface area contributed by atoms with Gasteiger partial charge in [-0.3, -0.25) is 4.40 Å². The molecule has 0 unspecified atom stereocenters. The number of hydrogen-bond donors (Lipinski definition) is 1. The topological polar surface area (TPSA) is 29.3 Å². The fourth-order valence-electron chi connectivity index (χ4n) is 1.32. The van der Waals surface area contributed by atoms with E-state index in [9.17, 15) is 0 Å². The van der Waals surface area contributed by atoms with Gasteiger partial charge in [0.05, 0.1) is 5.69 Å². The van der Waals surface area contributed by atoms with Crippen LogP contribution in [-0.4, -0.2) is 14.9 Å². The molecule has 4 heteroatoms. The highest BCUT2D eigenvalue weighted by Gasteiger charge is 2.14. The molecule has 15 heavy (non-hydrogen) atoms. The van der Waals surface area contributed by atoms with Crippen LogP contribution < -0.4 is 5.32 Å². The van der Waals surface area contributed by atoms with Crippen LogP contribution in [0.1, 0.15) is 32.9 Å². The van der Waals surface area contributed by atoms with Gasteiger partial charge in [0.1, 0.15) is 0 Å². The van der Waals surface area contributed by atoms with Crippen molar-refractivity contribution in [2.24, 2.45) is 0 Å². The molecule has 0 fully saturated rings. The van der Waals surface area contributed by atoms with Gasteiger partial charge in [-0.05, 0) is 20.3 Å². The number of hydrogen-bond acceptors (Lipinski definition) is 3. The van der Waals surface area contributed by atoms with Crippen molar-refractivity contribution in [3.63, 3.8) is 0 Å². The fraction of sp³-hybridized carbons (Fsp3) is 0.545. The van der Waals surface area contributed by atoms with Gasteiger partial charge < -0.3 is 5.32 Å². The third-order valence-electron chi connectivity index (χ3n) is 2.78. The van der Waals surface area contributed by atoms with Crippen LogP contribution >= 0.6 is 11.3 Å². The standard InChI is InChI=1S/C11H17N3S/c1-4-11(2,3)12-7-9-8-14-5-6-15-10(14)13-9/h5-6,8,12H,4,7H2,1-3H3. The summed E-state index contributed by atoms with van der Waals surface area (Å²) in [6, 6.07) is 0.